The lowest BCUT2D eigenvalue weighted by molar-refractivity contribution is 0.223. The minimum absolute atomic E-state index is 0.00314. The Morgan fingerprint density at radius 3 is 3.06 bits per heavy atom. The van der Waals surface area contributed by atoms with Gasteiger partial charge >= 0.3 is 0 Å². The second-order valence-corrected chi connectivity index (χ2v) is 6.84. The predicted molar refractivity (Wildman–Crippen MR) is 69.9 cm³/mol. The Bertz CT molecular complexity index is 474. The van der Waals surface area contributed by atoms with Gasteiger partial charge in [0.2, 0.25) is 8.08 Å². The quantitative estimate of drug-likeness (QED) is 0.885. The Balaban J connectivity index is 2.15. The molecule has 1 aromatic heterocycles. The van der Waals surface area contributed by atoms with Crippen molar-refractivity contribution in [1.82, 2.24) is 13.3 Å². The van der Waals surface area contributed by atoms with Gasteiger partial charge in [-0.2, -0.15) is 4.51 Å². The molecule has 17 heavy (non-hydrogen) atoms. The molecule has 9 heteroatoms. The molecule has 0 saturated carbocycles. The molecule has 0 aliphatic carbocycles. The number of aliphatic hydroxyl groups excluding tert-OH is 1. The Labute approximate surface area is 103 Å². The van der Waals surface area contributed by atoms with E-state index in [9.17, 15) is 0 Å². The van der Waals surface area contributed by atoms with Crippen molar-refractivity contribution >= 4 is 25.1 Å². The van der Waals surface area contributed by atoms with Gasteiger partial charge in [0.15, 0.2) is 14.3 Å². The first-order chi connectivity index (χ1) is 8.40. The molecule has 0 bridgehead atoms. The van der Waals surface area contributed by atoms with Crippen LogP contribution in [0.5, 0.6) is 5.75 Å². The monoisotopic (exact) mass is 291 g/mol. The Hall–Kier alpha value is -0.760. The van der Waals surface area contributed by atoms with Crippen LogP contribution in [-0.2, 0) is 0 Å². The smallest absolute Gasteiger partial charge is 0.218 e. The van der Waals surface area contributed by atoms with E-state index in [1.165, 1.54) is 0 Å². The van der Waals surface area contributed by atoms with Gasteiger partial charge < -0.3 is 14.5 Å². The largest absolute Gasteiger partial charge is 0.394 e. The molecule has 2 aromatic rings. The van der Waals surface area contributed by atoms with Crippen LogP contribution in [0.15, 0.2) is 30.3 Å². The third-order valence-electron chi connectivity index (χ3n) is 1.71. The Morgan fingerprint density at radius 1 is 1.47 bits per heavy atom. The van der Waals surface area contributed by atoms with Crippen LogP contribution in [-0.4, -0.2) is 31.6 Å². The summed E-state index contributed by atoms with van der Waals surface area (Å²) in [6.07, 6.45) is 0. The summed E-state index contributed by atoms with van der Waals surface area (Å²) in [6.45, 7) is 0.282. The molecule has 0 spiro atoms. The molecule has 0 aliphatic rings. The van der Waals surface area contributed by atoms with Gasteiger partial charge in [0.25, 0.3) is 0 Å². The maximum absolute atomic E-state index is 8.75. The van der Waals surface area contributed by atoms with E-state index >= 15 is 0 Å². The summed E-state index contributed by atoms with van der Waals surface area (Å²) in [7, 11) is -0.0329. The lowest BCUT2D eigenvalue weighted by Crippen LogP contribution is -2.08. The van der Waals surface area contributed by atoms with Gasteiger partial charge in [-0.25, -0.2) is 0 Å². The molecule has 0 radical (unpaired) electrons. The van der Waals surface area contributed by atoms with Crippen molar-refractivity contribution in [3.63, 3.8) is 0 Å². The topological polar surface area (TPSA) is 72.3 Å². The molecule has 1 aromatic carbocycles. The number of benzene rings is 1. The molecule has 92 valence electrons. The van der Waals surface area contributed by atoms with Crippen molar-refractivity contribution in [2.75, 3.05) is 13.2 Å². The molecule has 2 N–H and O–H groups in total. The van der Waals surface area contributed by atoms with Crippen LogP contribution in [0.4, 0.5) is 0 Å². The van der Waals surface area contributed by atoms with Crippen molar-refractivity contribution in [2.24, 2.45) is 0 Å². The molecule has 0 fully saturated rings. The molecule has 0 amide bonds. The Morgan fingerprint density at radius 2 is 2.29 bits per heavy atom. The zero-order valence-electron chi connectivity index (χ0n) is 8.85. The molecule has 2 atom stereocenters. The van der Waals surface area contributed by atoms with Crippen molar-refractivity contribution in [1.29, 1.82) is 0 Å². The van der Waals surface area contributed by atoms with Crippen LogP contribution in [0.25, 0.3) is 0 Å². The van der Waals surface area contributed by atoms with E-state index in [1.54, 1.807) is 4.26 Å². The maximum atomic E-state index is 8.75. The van der Waals surface area contributed by atoms with Crippen LogP contribution >= 0.6 is 25.1 Å². The summed E-state index contributed by atoms with van der Waals surface area (Å²) in [5, 5.41) is 8.75. The van der Waals surface area contributed by atoms with Gasteiger partial charge in [0.1, 0.15) is 0 Å². The number of aliphatic hydroxyl groups is 1. The average molecular weight is 291 g/mol. The van der Waals surface area contributed by atoms with Crippen molar-refractivity contribution in [3.05, 3.63) is 30.3 Å². The van der Waals surface area contributed by atoms with Crippen LogP contribution < -0.4 is 9.36 Å². The van der Waals surface area contributed by atoms with Crippen LogP contribution in [0.3, 0.4) is 0 Å². The normalized spacial score (nSPS) is 12.2. The second kappa shape index (κ2) is 6.85. The van der Waals surface area contributed by atoms with E-state index in [0.29, 0.717) is 8.51 Å². The van der Waals surface area contributed by atoms with Gasteiger partial charge in [-0.1, -0.05) is 22.5 Å². The summed E-state index contributed by atoms with van der Waals surface area (Å²) in [5.41, 5.74) is 0. The summed E-state index contributed by atoms with van der Waals surface area (Å²) >= 11 is 0. The standard InChI is InChI=1S/C8H12N3O3P3/c12-6-7-13-17-10-15-9-16-11(17)14-8-4-2-1-3-5-8/h1-5,10,12,15H,6-7H2. The van der Waals surface area contributed by atoms with E-state index in [4.69, 9.17) is 14.5 Å². The highest BCUT2D eigenvalue weighted by molar-refractivity contribution is 7.50. The molecule has 0 aliphatic heterocycles. The number of nitrogens with zero attached hydrogens (tertiary/aromatic N) is 2. The number of aromatic amines is 1. The van der Waals surface area contributed by atoms with Crippen LogP contribution in [0.1, 0.15) is 0 Å². The molecular formula is C8H12N3O3P3. The number of H-pyrrole nitrogens is 1. The van der Waals surface area contributed by atoms with Gasteiger partial charge in [-0.15, -0.1) is 0 Å². The predicted octanol–water partition coefficient (Wildman–Crippen LogP) is 2.20. The summed E-state index contributed by atoms with van der Waals surface area (Å²) in [4.78, 5) is 5.66. The highest BCUT2D eigenvalue weighted by Crippen LogP contribution is 2.26. The highest BCUT2D eigenvalue weighted by Gasteiger charge is 2.02. The molecule has 0 saturated heterocycles. The molecule has 6 nitrogen and oxygen atoms in total. The maximum Gasteiger partial charge on any atom is 0.218 e. The summed E-state index contributed by atoms with van der Waals surface area (Å²) in [5.74, 6) is 0.738. The molecule has 2 unspecified atom stereocenters. The highest BCUT2D eigenvalue weighted by atomic mass is 31.2. The first-order valence-corrected chi connectivity index (χ1v) is 7.84. The van der Waals surface area contributed by atoms with Crippen molar-refractivity contribution in [2.45, 2.75) is 0 Å². The first kappa shape index (κ1) is 12.7. The fourth-order valence-electron chi connectivity index (χ4n) is 1.04. The zero-order chi connectivity index (χ0) is 11.9. The SMILES string of the molecule is OCCOp1[nH][pH]npn1Oc1ccccc1. The third-order valence-corrected chi connectivity index (χ3v) is 5.41. The van der Waals surface area contributed by atoms with E-state index < -0.39 is 8.08 Å². The van der Waals surface area contributed by atoms with E-state index in [1.807, 2.05) is 30.3 Å². The molecule has 2 rings (SSSR count). The van der Waals surface area contributed by atoms with Crippen molar-refractivity contribution < 1.29 is 14.5 Å². The number of nitrogens with one attached hydrogen (secondary N) is 1. The average Bonchev–Trinajstić information content (AvgIpc) is 2.39. The number of hydrogen-bond donors (Lipinski definition) is 2. The van der Waals surface area contributed by atoms with Gasteiger partial charge in [0.05, 0.1) is 13.2 Å². The third kappa shape index (κ3) is 3.88. The fraction of sp³-hybridized carbons (Fsp3) is 0.250. The van der Waals surface area contributed by atoms with Crippen molar-refractivity contribution in [3.8, 4) is 5.75 Å². The van der Waals surface area contributed by atoms with E-state index in [2.05, 4.69) is 9.02 Å². The lowest BCUT2D eigenvalue weighted by atomic mass is 10.3. The minimum Gasteiger partial charge on any atom is -0.394 e. The lowest BCUT2D eigenvalue weighted by Gasteiger charge is -2.11. The van der Waals surface area contributed by atoms with E-state index in [-0.39, 0.29) is 13.2 Å². The number of hydrogen-bond acceptors (Lipinski definition) is 4. The number of aromatic nitrogens is 3. The van der Waals surface area contributed by atoms with Crippen LogP contribution in [0, 0.1) is 0 Å². The van der Waals surface area contributed by atoms with E-state index in [0.717, 1.165) is 14.3 Å². The zero-order valence-corrected chi connectivity index (χ0v) is 11.6. The first-order valence-electron chi connectivity index (χ1n) is 4.88. The van der Waals surface area contributed by atoms with Crippen LogP contribution in [0.2, 0.25) is 0 Å². The number of rotatable bonds is 5. The Kier molecular flexibility index (Phi) is 5.11. The molecule has 1 heterocycles. The summed E-state index contributed by atoms with van der Waals surface area (Å²) < 4.78 is 14.4. The number of para-hydroxylation sites is 1. The second-order valence-electron chi connectivity index (χ2n) is 2.90. The minimum atomic E-state index is -1.06. The van der Waals surface area contributed by atoms with Gasteiger partial charge in [-0.05, 0) is 12.1 Å². The van der Waals surface area contributed by atoms with Gasteiger partial charge in [-0.3, -0.25) is 4.51 Å². The summed E-state index contributed by atoms with van der Waals surface area (Å²) in [6, 6.07) is 9.46. The fourth-order valence-corrected chi connectivity index (χ4v) is 4.91. The molecular weight excluding hydrogens is 279 g/mol. The van der Waals surface area contributed by atoms with Gasteiger partial charge in [0, 0.05) is 8.51 Å².